The van der Waals surface area contributed by atoms with Crippen LogP contribution < -0.4 is 5.84 Å². The Morgan fingerprint density at radius 2 is 1.90 bits per heavy atom. The standard InChI is InChI=1S/C5H12N2O.2ClH/c6-7-3-5(4-7)1-2-8;;/h5,8H,1-4,6H2;2*1H. The summed E-state index contributed by atoms with van der Waals surface area (Å²) in [5, 5.41) is 10.2. The Balaban J connectivity index is 0. The van der Waals surface area contributed by atoms with Crippen molar-refractivity contribution in [3.63, 3.8) is 0 Å². The molecule has 1 rings (SSSR count). The fraction of sp³-hybridized carbons (Fsp3) is 1.00. The number of nitrogens with two attached hydrogens (primary N) is 1. The van der Waals surface area contributed by atoms with Crippen molar-refractivity contribution in [2.24, 2.45) is 11.8 Å². The minimum absolute atomic E-state index is 0. The SMILES string of the molecule is Cl.Cl.NN1CC(CCO)C1. The van der Waals surface area contributed by atoms with Crippen molar-refractivity contribution in [3.05, 3.63) is 0 Å². The molecule has 0 amide bonds. The number of halogens is 2. The first-order chi connectivity index (χ1) is 3.83. The highest BCUT2D eigenvalue weighted by molar-refractivity contribution is 5.85. The Bertz CT molecular complexity index is 75.3. The molecule has 1 saturated heterocycles. The summed E-state index contributed by atoms with van der Waals surface area (Å²) >= 11 is 0. The van der Waals surface area contributed by atoms with Gasteiger partial charge in [0.1, 0.15) is 0 Å². The lowest BCUT2D eigenvalue weighted by molar-refractivity contribution is 0.0800. The lowest BCUT2D eigenvalue weighted by Crippen LogP contribution is -2.51. The highest BCUT2D eigenvalue weighted by Gasteiger charge is 2.22. The van der Waals surface area contributed by atoms with Crippen LogP contribution in [0.4, 0.5) is 0 Å². The molecule has 0 bridgehead atoms. The van der Waals surface area contributed by atoms with Gasteiger partial charge in [-0.15, -0.1) is 24.8 Å². The minimum atomic E-state index is 0. The van der Waals surface area contributed by atoms with Crippen LogP contribution in [0.5, 0.6) is 0 Å². The molecule has 0 aromatic heterocycles. The zero-order valence-corrected chi connectivity index (χ0v) is 7.33. The smallest absolute Gasteiger partial charge is 0.0434 e. The van der Waals surface area contributed by atoms with E-state index in [0.29, 0.717) is 12.5 Å². The Kier molecular flexibility index (Phi) is 8.09. The van der Waals surface area contributed by atoms with E-state index in [-0.39, 0.29) is 24.8 Å². The summed E-state index contributed by atoms with van der Waals surface area (Å²) in [6.07, 6.45) is 0.910. The van der Waals surface area contributed by atoms with Gasteiger partial charge >= 0.3 is 0 Å². The molecule has 3 nitrogen and oxygen atoms in total. The maximum atomic E-state index is 8.43. The van der Waals surface area contributed by atoms with Gasteiger partial charge in [-0.05, 0) is 12.3 Å². The molecule has 0 aromatic carbocycles. The topological polar surface area (TPSA) is 49.5 Å². The monoisotopic (exact) mass is 188 g/mol. The average Bonchev–Trinajstić information content (AvgIpc) is 1.64. The predicted octanol–water partition coefficient (Wildman–Crippen LogP) is 0.0179. The largest absolute Gasteiger partial charge is 0.396 e. The summed E-state index contributed by atoms with van der Waals surface area (Å²) in [6.45, 7) is 2.22. The fourth-order valence-electron chi connectivity index (χ4n) is 0.975. The van der Waals surface area contributed by atoms with E-state index in [0.717, 1.165) is 19.5 Å². The number of hydrazine groups is 1. The van der Waals surface area contributed by atoms with Gasteiger partial charge < -0.3 is 5.11 Å². The zero-order chi connectivity index (χ0) is 5.98. The third-order valence-corrected chi connectivity index (χ3v) is 1.52. The molecule has 1 aliphatic heterocycles. The first kappa shape index (κ1) is 13.1. The summed E-state index contributed by atoms with van der Waals surface area (Å²) in [4.78, 5) is 0. The number of aliphatic hydroxyl groups excluding tert-OH is 1. The lowest BCUT2D eigenvalue weighted by Gasteiger charge is -2.34. The molecule has 0 aliphatic carbocycles. The van der Waals surface area contributed by atoms with Gasteiger partial charge in [-0.3, -0.25) is 5.84 Å². The number of nitrogens with zero attached hydrogens (tertiary/aromatic N) is 1. The fourth-order valence-corrected chi connectivity index (χ4v) is 0.975. The summed E-state index contributed by atoms with van der Waals surface area (Å²) in [5.74, 6) is 6.01. The normalized spacial score (nSPS) is 18.6. The van der Waals surface area contributed by atoms with Crippen LogP contribution in [0.1, 0.15) is 6.42 Å². The van der Waals surface area contributed by atoms with Crippen LogP contribution in [-0.2, 0) is 0 Å². The average molecular weight is 189 g/mol. The van der Waals surface area contributed by atoms with Gasteiger partial charge in [0.15, 0.2) is 0 Å². The van der Waals surface area contributed by atoms with E-state index in [1.54, 1.807) is 5.01 Å². The molecule has 0 unspecified atom stereocenters. The molecule has 1 aliphatic rings. The van der Waals surface area contributed by atoms with Crippen LogP contribution in [-0.4, -0.2) is 29.8 Å². The van der Waals surface area contributed by atoms with E-state index in [2.05, 4.69) is 0 Å². The van der Waals surface area contributed by atoms with Gasteiger partial charge in [0.25, 0.3) is 0 Å². The molecule has 64 valence electrons. The van der Waals surface area contributed by atoms with Crippen molar-refractivity contribution in [1.82, 2.24) is 5.01 Å². The molecule has 1 heterocycles. The third kappa shape index (κ3) is 3.58. The second kappa shape index (κ2) is 6.19. The molecule has 3 N–H and O–H groups in total. The molecular weight excluding hydrogens is 175 g/mol. The van der Waals surface area contributed by atoms with E-state index in [4.69, 9.17) is 10.9 Å². The zero-order valence-electron chi connectivity index (χ0n) is 5.69. The van der Waals surface area contributed by atoms with Crippen LogP contribution in [0.15, 0.2) is 0 Å². The van der Waals surface area contributed by atoms with Crippen molar-refractivity contribution in [3.8, 4) is 0 Å². The van der Waals surface area contributed by atoms with E-state index in [1.165, 1.54) is 0 Å². The molecule has 0 radical (unpaired) electrons. The van der Waals surface area contributed by atoms with Crippen LogP contribution in [0.3, 0.4) is 0 Å². The van der Waals surface area contributed by atoms with Gasteiger partial charge in [0.05, 0.1) is 0 Å². The Hall–Kier alpha value is 0.460. The van der Waals surface area contributed by atoms with Gasteiger partial charge in [0, 0.05) is 19.7 Å². The molecule has 0 atom stereocenters. The Morgan fingerprint density at radius 1 is 1.40 bits per heavy atom. The summed E-state index contributed by atoms with van der Waals surface area (Å²) in [7, 11) is 0. The van der Waals surface area contributed by atoms with E-state index in [9.17, 15) is 0 Å². The molecule has 0 spiro atoms. The van der Waals surface area contributed by atoms with E-state index < -0.39 is 0 Å². The van der Waals surface area contributed by atoms with Gasteiger partial charge in [-0.1, -0.05) is 0 Å². The highest BCUT2D eigenvalue weighted by Crippen LogP contribution is 2.13. The molecule has 5 heteroatoms. The van der Waals surface area contributed by atoms with Crippen molar-refractivity contribution in [2.75, 3.05) is 19.7 Å². The van der Waals surface area contributed by atoms with Gasteiger partial charge in [0.2, 0.25) is 0 Å². The maximum absolute atomic E-state index is 8.43. The molecule has 10 heavy (non-hydrogen) atoms. The first-order valence-corrected chi connectivity index (χ1v) is 2.93. The Labute approximate surface area is 73.4 Å². The number of aliphatic hydroxyl groups is 1. The van der Waals surface area contributed by atoms with Crippen LogP contribution in [0, 0.1) is 5.92 Å². The molecular formula is C5H14Cl2N2O. The number of hydrogen-bond acceptors (Lipinski definition) is 3. The van der Waals surface area contributed by atoms with Crippen LogP contribution in [0.25, 0.3) is 0 Å². The van der Waals surface area contributed by atoms with Crippen LogP contribution >= 0.6 is 24.8 Å². The molecule has 0 saturated carbocycles. The number of rotatable bonds is 2. The predicted molar refractivity (Wildman–Crippen MR) is 45.4 cm³/mol. The lowest BCUT2D eigenvalue weighted by atomic mass is 9.99. The minimum Gasteiger partial charge on any atom is -0.396 e. The van der Waals surface area contributed by atoms with Crippen molar-refractivity contribution < 1.29 is 5.11 Å². The van der Waals surface area contributed by atoms with Crippen molar-refractivity contribution in [1.29, 1.82) is 0 Å². The first-order valence-electron chi connectivity index (χ1n) is 2.93. The quantitative estimate of drug-likeness (QED) is 0.602. The van der Waals surface area contributed by atoms with Crippen molar-refractivity contribution in [2.45, 2.75) is 6.42 Å². The van der Waals surface area contributed by atoms with Gasteiger partial charge in [-0.25, -0.2) is 5.01 Å². The number of hydrogen-bond donors (Lipinski definition) is 2. The second-order valence-corrected chi connectivity index (χ2v) is 2.33. The molecule has 0 aromatic rings. The van der Waals surface area contributed by atoms with E-state index >= 15 is 0 Å². The highest BCUT2D eigenvalue weighted by atomic mass is 35.5. The molecule has 1 fully saturated rings. The summed E-state index contributed by atoms with van der Waals surface area (Å²) < 4.78 is 0. The maximum Gasteiger partial charge on any atom is 0.0434 e. The summed E-state index contributed by atoms with van der Waals surface area (Å²) in [5.41, 5.74) is 0. The third-order valence-electron chi connectivity index (χ3n) is 1.52. The van der Waals surface area contributed by atoms with E-state index in [1.807, 2.05) is 0 Å². The second-order valence-electron chi connectivity index (χ2n) is 2.33. The van der Waals surface area contributed by atoms with Crippen LogP contribution in [0.2, 0.25) is 0 Å². The van der Waals surface area contributed by atoms with Gasteiger partial charge in [-0.2, -0.15) is 0 Å². The van der Waals surface area contributed by atoms with Crippen molar-refractivity contribution >= 4 is 24.8 Å². The Morgan fingerprint density at radius 3 is 2.20 bits per heavy atom. The summed E-state index contributed by atoms with van der Waals surface area (Å²) in [6, 6.07) is 0.